The average molecular weight is 256 g/mol. The van der Waals surface area contributed by atoms with Crippen molar-refractivity contribution in [3.63, 3.8) is 0 Å². The molecule has 0 amide bonds. The van der Waals surface area contributed by atoms with Gasteiger partial charge in [-0.1, -0.05) is 13.8 Å². The summed E-state index contributed by atoms with van der Waals surface area (Å²) >= 11 is 0. The van der Waals surface area contributed by atoms with Crippen LogP contribution in [0.3, 0.4) is 0 Å². The molecule has 18 heavy (non-hydrogen) atoms. The van der Waals surface area contributed by atoms with E-state index in [-0.39, 0.29) is 16.7 Å². The Morgan fingerprint density at radius 3 is 2.22 bits per heavy atom. The Hall–Kier alpha value is -1.10. The lowest BCUT2D eigenvalue weighted by molar-refractivity contribution is -0.118. The summed E-state index contributed by atoms with van der Waals surface area (Å²) in [5.74, 6) is 0.454. The lowest BCUT2D eigenvalue weighted by Gasteiger charge is -2.37. The van der Waals surface area contributed by atoms with Crippen LogP contribution in [-0.2, 0) is 4.79 Å². The van der Waals surface area contributed by atoms with Gasteiger partial charge in [0.15, 0.2) is 5.96 Å². The highest BCUT2D eigenvalue weighted by molar-refractivity contribution is 5.81. The molecule has 1 unspecified atom stereocenters. The van der Waals surface area contributed by atoms with Gasteiger partial charge >= 0.3 is 0 Å². The lowest BCUT2D eigenvalue weighted by atomic mass is 9.75. The molecule has 0 aliphatic carbocycles. The fourth-order valence-corrected chi connectivity index (χ4v) is 2.45. The van der Waals surface area contributed by atoms with Crippen LogP contribution in [0.25, 0.3) is 0 Å². The van der Waals surface area contributed by atoms with Gasteiger partial charge in [0.25, 0.3) is 0 Å². The highest BCUT2D eigenvalue weighted by Gasteiger charge is 2.31. The van der Waals surface area contributed by atoms with E-state index in [9.17, 15) is 4.79 Å². The van der Waals surface area contributed by atoms with Crippen LogP contribution in [0, 0.1) is 5.41 Å². The smallest absolute Gasteiger partial charge is 0.188 e. The Kier molecular flexibility index (Phi) is 5.80. The second-order valence-electron chi connectivity index (χ2n) is 6.38. The molecule has 0 spiro atoms. The van der Waals surface area contributed by atoms with Crippen LogP contribution in [0.1, 0.15) is 47.5 Å². The molecule has 1 atom stereocenters. The molecule has 0 aromatic rings. The van der Waals surface area contributed by atoms with Gasteiger partial charge in [-0.05, 0) is 39.0 Å². The van der Waals surface area contributed by atoms with Gasteiger partial charge < -0.3 is 16.8 Å². The number of aliphatic imine (C=N–C) groups is 1. The first-order valence-electron chi connectivity index (χ1n) is 6.25. The molecule has 0 saturated carbocycles. The molecule has 0 bridgehead atoms. The third-order valence-electron chi connectivity index (χ3n) is 2.92. The number of nitrogens with two attached hydrogens (primary N) is 2. The number of hydrogen-bond acceptors (Lipinski definition) is 3. The summed E-state index contributed by atoms with van der Waals surface area (Å²) in [5, 5.41) is 3.17. The molecule has 0 aliphatic heterocycles. The number of rotatable bonds is 6. The molecular formula is C13H28N4O. The highest BCUT2D eigenvalue weighted by atomic mass is 16.1. The zero-order chi connectivity index (χ0) is 14.6. The van der Waals surface area contributed by atoms with Crippen molar-refractivity contribution in [3.05, 3.63) is 0 Å². The van der Waals surface area contributed by atoms with Crippen LogP contribution in [0.15, 0.2) is 4.99 Å². The molecule has 0 saturated heterocycles. The maximum Gasteiger partial charge on any atom is 0.188 e. The van der Waals surface area contributed by atoms with Crippen molar-refractivity contribution in [2.75, 3.05) is 7.05 Å². The predicted molar refractivity (Wildman–Crippen MR) is 76.4 cm³/mol. The zero-order valence-electron chi connectivity index (χ0n) is 12.5. The topological polar surface area (TPSA) is 93.5 Å². The maximum atomic E-state index is 11.2. The Morgan fingerprint density at radius 1 is 1.33 bits per heavy atom. The summed E-state index contributed by atoms with van der Waals surface area (Å²) in [7, 11) is 1.65. The Balaban J connectivity index is 4.60. The third kappa shape index (κ3) is 6.59. The number of nitrogens with one attached hydrogen (secondary N) is 1. The molecule has 0 heterocycles. The second kappa shape index (κ2) is 6.18. The fourth-order valence-electron chi connectivity index (χ4n) is 2.45. The third-order valence-corrected chi connectivity index (χ3v) is 2.92. The lowest BCUT2D eigenvalue weighted by Crippen LogP contribution is -2.50. The number of guanidine groups is 1. The van der Waals surface area contributed by atoms with Crippen LogP contribution in [0.4, 0.5) is 0 Å². The van der Waals surface area contributed by atoms with E-state index in [0.29, 0.717) is 12.4 Å². The minimum Gasteiger partial charge on any atom is -0.370 e. The van der Waals surface area contributed by atoms with E-state index in [2.05, 4.69) is 38.0 Å². The van der Waals surface area contributed by atoms with Gasteiger partial charge in [-0.15, -0.1) is 0 Å². The summed E-state index contributed by atoms with van der Waals surface area (Å²) < 4.78 is 0. The van der Waals surface area contributed by atoms with E-state index in [1.807, 2.05) is 0 Å². The van der Waals surface area contributed by atoms with E-state index < -0.39 is 6.04 Å². The number of carbonyl (C=O) groups excluding carboxylic acids is 1. The van der Waals surface area contributed by atoms with Crippen molar-refractivity contribution in [2.45, 2.75) is 59.0 Å². The minimum atomic E-state index is -0.395. The SMILES string of the molecule is CN=C(N)NC(C)(C)CC(C)(C)CC(N)C(C)=O. The molecule has 0 rings (SSSR count). The molecule has 5 N–H and O–H groups in total. The first kappa shape index (κ1) is 16.9. The van der Waals surface area contributed by atoms with Crippen LogP contribution in [0.2, 0.25) is 0 Å². The Bertz CT molecular complexity index is 321. The molecule has 0 aliphatic rings. The van der Waals surface area contributed by atoms with Crippen molar-refractivity contribution >= 4 is 11.7 Å². The van der Waals surface area contributed by atoms with Crippen LogP contribution in [0.5, 0.6) is 0 Å². The van der Waals surface area contributed by atoms with Crippen molar-refractivity contribution < 1.29 is 4.79 Å². The van der Waals surface area contributed by atoms with Gasteiger partial charge in [-0.2, -0.15) is 0 Å². The number of Topliss-reactive ketones (excluding diaryl/α,β-unsaturated/α-hetero) is 1. The summed E-state index contributed by atoms with van der Waals surface area (Å²) in [6, 6.07) is -0.395. The first-order valence-corrected chi connectivity index (χ1v) is 6.25. The van der Waals surface area contributed by atoms with Gasteiger partial charge in [0.2, 0.25) is 0 Å². The van der Waals surface area contributed by atoms with E-state index in [0.717, 1.165) is 6.42 Å². The molecule has 106 valence electrons. The van der Waals surface area contributed by atoms with Crippen molar-refractivity contribution in [2.24, 2.45) is 21.9 Å². The number of hydrogen-bond donors (Lipinski definition) is 3. The number of carbonyl (C=O) groups is 1. The van der Waals surface area contributed by atoms with E-state index in [1.165, 1.54) is 6.92 Å². The normalized spacial score (nSPS) is 15.4. The number of ketones is 1. The van der Waals surface area contributed by atoms with Gasteiger partial charge in [0.05, 0.1) is 6.04 Å². The van der Waals surface area contributed by atoms with Crippen molar-refractivity contribution in [3.8, 4) is 0 Å². The maximum absolute atomic E-state index is 11.2. The number of nitrogens with zero attached hydrogens (tertiary/aromatic N) is 1. The highest BCUT2D eigenvalue weighted by Crippen LogP contribution is 2.32. The molecule has 0 fully saturated rings. The Morgan fingerprint density at radius 2 is 1.83 bits per heavy atom. The van der Waals surface area contributed by atoms with Gasteiger partial charge in [0.1, 0.15) is 5.78 Å². The zero-order valence-corrected chi connectivity index (χ0v) is 12.5. The molecule has 0 aromatic heterocycles. The molecule has 0 radical (unpaired) electrons. The summed E-state index contributed by atoms with van der Waals surface area (Å²) in [4.78, 5) is 15.1. The molecule has 5 nitrogen and oxygen atoms in total. The van der Waals surface area contributed by atoms with Crippen molar-refractivity contribution in [1.82, 2.24) is 5.32 Å². The quantitative estimate of drug-likeness (QED) is 0.488. The second-order valence-corrected chi connectivity index (χ2v) is 6.38. The summed E-state index contributed by atoms with van der Waals surface area (Å²) in [6.07, 6.45) is 1.51. The molecular weight excluding hydrogens is 228 g/mol. The summed E-state index contributed by atoms with van der Waals surface area (Å²) in [6.45, 7) is 9.88. The van der Waals surface area contributed by atoms with Crippen molar-refractivity contribution in [1.29, 1.82) is 0 Å². The standard InChI is InChI=1S/C13H28N4O/c1-9(18)10(14)7-12(2,3)8-13(4,5)17-11(15)16-6/h10H,7-8,14H2,1-6H3,(H3,15,16,17). The van der Waals surface area contributed by atoms with Gasteiger partial charge in [0, 0.05) is 12.6 Å². The largest absolute Gasteiger partial charge is 0.370 e. The Labute approximate surface area is 110 Å². The monoisotopic (exact) mass is 256 g/mol. The van der Waals surface area contributed by atoms with Crippen LogP contribution >= 0.6 is 0 Å². The van der Waals surface area contributed by atoms with E-state index >= 15 is 0 Å². The molecule has 0 aromatic carbocycles. The van der Waals surface area contributed by atoms with Crippen LogP contribution in [-0.4, -0.2) is 30.4 Å². The predicted octanol–water partition coefficient (Wildman–Crippen LogP) is 1.02. The fraction of sp³-hybridized carbons (Fsp3) is 0.846. The minimum absolute atomic E-state index is 0.0310. The molecule has 5 heteroatoms. The summed E-state index contributed by atoms with van der Waals surface area (Å²) in [5.41, 5.74) is 11.3. The van der Waals surface area contributed by atoms with Gasteiger partial charge in [-0.25, -0.2) is 0 Å². The van der Waals surface area contributed by atoms with Gasteiger partial charge in [-0.3, -0.25) is 9.79 Å². The average Bonchev–Trinajstić information content (AvgIpc) is 2.13. The first-order chi connectivity index (χ1) is 7.99. The van der Waals surface area contributed by atoms with Crippen LogP contribution < -0.4 is 16.8 Å². The van der Waals surface area contributed by atoms with E-state index in [1.54, 1.807) is 7.05 Å². The van der Waals surface area contributed by atoms with E-state index in [4.69, 9.17) is 11.5 Å².